The first-order valence-corrected chi connectivity index (χ1v) is 16.7. The van der Waals surface area contributed by atoms with Crippen LogP contribution in [0.25, 0.3) is 0 Å². The number of nitrogens with zero attached hydrogens (tertiary/aromatic N) is 2. The molecule has 2 unspecified atom stereocenters. The molecule has 0 bridgehead atoms. The Morgan fingerprint density at radius 1 is 0.432 bits per heavy atom. The normalized spacial score (nSPS) is 13.6. The first-order chi connectivity index (χ1) is 18.0. The summed E-state index contributed by atoms with van der Waals surface area (Å²) in [5.41, 5.74) is 0. The Labute approximate surface area is 234 Å². The van der Waals surface area contributed by atoms with Crippen molar-refractivity contribution in [2.75, 3.05) is 40.3 Å². The molecule has 37 heavy (non-hydrogen) atoms. The van der Waals surface area contributed by atoms with Gasteiger partial charge in [-0.15, -0.1) is 0 Å². The lowest BCUT2D eigenvalue weighted by atomic mass is 10.0. The summed E-state index contributed by atoms with van der Waals surface area (Å²) in [6, 6.07) is 0. The minimum atomic E-state index is -0.266. The Morgan fingerprint density at radius 3 is 1.08 bits per heavy atom. The Morgan fingerprint density at radius 2 is 0.757 bits per heavy atom. The van der Waals surface area contributed by atoms with Crippen LogP contribution < -0.4 is 0 Å². The van der Waals surface area contributed by atoms with Crippen LogP contribution in [0.2, 0.25) is 0 Å². The van der Waals surface area contributed by atoms with Crippen molar-refractivity contribution in [2.24, 2.45) is 0 Å². The van der Waals surface area contributed by atoms with E-state index in [1.165, 1.54) is 116 Å². The fourth-order valence-corrected chi connectivity index (χ4v) is 5.38. The maximum atomic E-state index is 10.7. The fraction of sp³-hybridized carbons (Fsp3) is 1.00. The molecule has 0 radical (unpaired) electrons. The van der Waals surface area contributed by atoms with Gasteiger partial charge >= 0.3 is 0 Å². The molecule has 0 aliphatic heterocycles. The van der Waals surface area contributed by atoms with Crippen LogP contribution in [0.15, 0.2) is 0 Å². The molecule has 0 aliphatic rings. The molecule has 0 aliphatic carbocycles. The summed E-state index contributed by atoms with van der Waals surface area (Å²) in [6.07, 6.45) is 29.0. The molecule has 0 saturated heterocycles. The quantitative estimate of drug-likeness (QED) is 0.0920. The summed E-state index contributed by atoms with van der Waals surface area (Å²) in [5, 5.41) is 21.4. The van der Waals surface area contributed by atoms with Crippen LogP contribution in [-0.2, 0) is 0 Å². The third kappa shape index (κ3) is 28.7. The zero-order valence-electron chi connectivity index (χ0n) is 26.0. The highest BCUT2D eigenvalue weighted by Gasteiger charge is 2.16. The number of rotatable bonds is 30. The molecule has 0 spiro atoms. The van der Waals surface area contributed by atoms with Crippen molar-refractivity contribution in [3.8, 4) is 0 Å². The van der Waals surface area contributed by atoms with Gasteiger partial charge in [0.15, 0.2) is 0 Å². The van der Waals surface area contributed by atoms with Crippen molar-refractivity contribution in [1.29, 1.82) is 0 Å². The van der Waals surface area contributed by atoms with Crippen molar-refractivity contribution < 1.29 is 10.2 Å². The largest absolute Gasteiger partial charge is 0.392 e. The predicted octanol–water partition coefficient (Wildman–Crippen LogP) is 8.58. The van der Waals surface area contributed by atoms with Gasteiger partial charge in [0, 0.05) is 13.1 Å². The smallest absolute Gasteiger partial charge is 0.0667 e. The maximum absolute atomic E-state index is 10.7. The summed E-state index contributed by atoms with van der Waals surface area (Å²) in [7, 11) is 4.23. The molecule has 4 nitrogen and oxygen atoms in total. The lowest BCUT2D eigenvalue weighted by Gasteiger charge is -2.28. The Kier molecular flexibility index (Phi) is 28.7. The standard InChI is InChI=1S/C33H70N2O2/c1-5-7-9-11-13-15-17-19-21-23-26-32(36)30-35(29-25-28-34(3)4)31-33(37)27-24-22-20-18-16-14-12-10-8-6-2/h32-33,36-37H,5-31H2,1-4H3. The molecule has 4 heteroatoms. The van der Waals surface area contributed by atoms with Gasteiger partial charge in [0.05, 0.1) is 12.2 Å². The Hall–Kier alpha value is -0.160. The first-order valence-electron chi connectivity index (χ1n) is 16.7. The molecule has 0 aromatic carbocycles. The zero-order valence-corrected chi connectivity index (χ0v) is 26.0. The van der Waals surface area contributed by atoms with Gasteiger partial charge in [-0.3, -0.25) is 4.90 Å². The summed E-state index contributed by atoms with van der Waals surface area (Å²) in [5.74, 6) is 0. The van der Waals surface area contributed by atoms with Crippen molar-refractivity contribution in [2.45, 2.75) is 174 Å². The molecule has 0 heterocycles. The minimum Gasteiger partial charge on any atom is -0.392 e. The second-order valence-electron chi connectivity index (χ2n) is 12.2. The molecule has 0 amide bonds. The monoisotopic (exact) mass is 527 g/mol. The molecular weight excluding hydrogens is 456 g/mol. The highest BCUT2D eigenvalue weighted by Crippen LogP contribution is 2.15. The summed E-state index contributed by atoms with van der Waals surface area (Å²) >= 11 is 0. The first kappa shape index (κ1) is 36.8. The van der Waals surface area contributed by atoms with E-state index in [0.717, 1.165) is 45.2 Å². The molecule has 2 atom stereocenters. The van der Waals surface area contributed by atoms with E-state index in [0.29, 0.717) is 13.1 Å². The Balaban J connectivity index is 4.00. The molecule has 2 N–H and O–H groups in total. The van der Waals surface area contributed by atoms with Crippen LogP contribution in [0.5, 0.6) is 0 Å². The van der Waals surface area contributed by atoms with Gasteiger partial charge < -0.3 is 15.1 Å². The second-order valence-corrected chi connectivity index (χ2v) is 12.2. The van der Waals surface area contributed by atoms with E-state index in [-0.39, 0.29) is 12.2 Å². The van der Waals surface area contributed by atoms with E-state index in [4.69, 9.17) is 0 Å². The number of unbranched alkanes of at least 4 members (excludes halogenated alkanes) is 18. The van der Waals surface area contributed by atoms with Crippen molar-refractivity contribution in [3.05, 3.63) is 0 Å². The van der Waals surface area contributed by atoms with Gasteiger partial charge in [-0.05, 0) is 46.4 Å². The van der Waals surface area contributed by atoms with Crippen molar-refractivity contribution >= 4 is 0 Å². The zero-order chi connectivity index (χ0) is 27.4. The maximum Gasteiger partial charge on any atom is 0.0667 e. The van der Waals surface area contributed by atoms with Crippen LogP contribution >= 0.6 is 0 Å². The van der Waals surface area contributed by atoms with Crippen LogP contribution in [0.1, 0.15) is 162 Å². The molecule has 0 rings (SSSR count). The van der Waals surface area contributed by atoms with Crippen LogP contribution in [0, 0.1) is 0 Å². The van der Waals surface area contributed by atoms with Gasteiger partial charge in [-0.1, -0.05) is 142 Å². The molecule has 0 saturated carbocycles. The third-order valence-electron chi connectivity index (χ3n) is 7.80. The van der Waals surface area contributed by atoms with Gasteiger partial charge in [-0.25, -0.2) is 0 Å². The fourth-order valence-electron chi connectivity index (χ4n) is 5.38. The van der Waals surface area contributed by atoms with E-state index in [2.05, 4.69) is 37.7 Å². The molecule has 0 aromatic heterocycles. The van der Waals surface area contributed by atoms with Gasteiger partial charge in [-0.2, -0.15) is 0 Å². The predicted molar refractivity (Wildman–Crippen MR) is 165 cm³/mol. The second kappa shape index (κ2) is 28.8. The highest BCUT2D eigenvalue weighted by molar-refractivity contribution is 4.70. The SMILES string of the molecule is CCCCCCCCCCCCC(O)CN(CCCN(C)C)CC(O)CCCCCCCCCCCC. The van der Waals surface area contributed by atoms with E-state index >= 15 is 0 Å². The Bertz CT molecular complexity index is 401. The van der Waals surface area contributed by atoms with Crippen molar-refractivity contribution in [1.82, 2.24) is 9.80 Å². The van der Waals surface area contributed by atoms with Gasteiger partial charge in [0.1, 0.15) is 0 Å². The van der Waals surface area contributed by atoms with E-state index in [1.54, 1.807) is 0 Å². The lowest BCUT2D eigenvalue weighted by molar-refractivity contribution is 0.0590. The van der Waals surface area contributed by atoms with E-state index in [1.807, 2.05) is 0 Å². The molecule has 0 aromatic rings. The van der Waals surface area contributed by atoms with E-state index in [9.17, 15) is 10.2 Å². The van der Waals surface area contributed by atoms with Crippen LogP contribution in [0.3, 0.4) is 0 Å². The lowest BCUT2D eigenvalue weighted by Crippen LogP contribution is -2.39. The number of hydrogen-bond acceptors (Lipinski definition) is 4. The van der Waals surface area contributed by atoms with Crippen LogP contribution in [0.4, 0.5) is 0 Å². The average Bonchev–Trinajstić information content (AvgIpc) is 2.86. The number of hydrogen-bond donors (Lipinski definition) is 2. The summed E-state index contributed by atoms with van der Waals surface area (Å²) in [4.78, 5) is 4.55. The topological polar surface area (TPSA) is 46.9 Å². The number of aliphatic hydroxyl groups is 2. The molecular formula is C33H70N2O2. The highest BCUT2D eigenvalue weighted by atomic mass is 16.3. The molecule has 0 fully saturated rings. The third-order valence-corrected chi connectivity index (χ3v) is 7.80. The van der Waals surface area contributed by atoms with Gasteiger partial charge in [0.2, 0.25) is 0 Å². The van der Waals surface area contributed by atoms with E-state index < -0.39 is 0 Å². The molecule has 224 valence electrons. The number of aliphatic hydroxyl groups excluding tert-OH is 2. The van der Waals surface area contributed by atoms with Crippen LogP contribution in [-0.4, -0.2) is 72.5 Å². The van der Waals surface area contributed by atoms with Gasteiger partial charge in [0.25, 0.3) is 0 Å². The summed E-state index contributed by atoms with van der Waals surface area (Å²) < 4.78 is 0. The summed E-state index contributed by atoms with van der Waals surface area (Å²) in [6.45, 7) is 7.99. The minimum absolute atomic E-state index is 0.266. The average molecular weight is 527 g/mol. The van der Waals surface area contributed by atoms with Crippen molar-refractivity contribution in [3.63, 3.8) is 0 Å².